The van der Waals surface area contributed by atoms with Crippen molar-refractivity contribution in [2.75, 3.05) is 6.54 Å². The van der Waals surface area contributed by atoms with Gasteiger partial charge in [-0.2, -0.15) is 0 Å². The van der Waals surface area contributed by atoms with Crippen LogP contribution in [0.15, 0.2) is 48.5 Å². The van der Waals surface area contributed by atoms with Crippen molar-refractivity contribution in [2.24, 2.45) is 0 Å². The van der Waals surface area contributed by atoms with E-state index in [1.807, 2.05) is 44.2 Å². The van der Waals surface area contributed by atoms with Crippen molar-refractivity contribution in [1.82, 2.24) is 10.2 Å². The van der Waals surface area contributed by atoms with Crippen molar-refractivity contribution in [3.63, 3.8) is 0 Å². The van der Waals surface area contributed by atoms with Gasteiger partial charge in [-0.25, -0.2) is 9.18 Å². The summed E-state index contributed by atoms with van der Waals surface area (Å²) < 4.78 is 19.2. The van der Waals surface area contributed by atoms with E-state index in [0.717, 1.165) is 16.7 Å². The van der Waals surface area contributed by atoms with E-state index in [-0.39, 0.29) is 30.4 Å². The standard InChI is InChI=1S/C23H27FN2O3/c1-3-22(27)25-19-11-12-26(23(28)29-15-17-7-5-4-6-8-17)21(14-19)20-10-9-18(24)13-16(20)2/h4-10,13,19,21H,3,11-12,14-15H2,1-2H3,(H,25,27)/t19-,21+/m1/s1. The van der Waals surface area contributed by atoms with E-state index in [9.17, 15) is 14.0 Å². The van der Waals surface area contributed by atoms with E-state index in [2.05, 4.69) is 5.32 Å². The highest BCUT2D eigenvalue weighted by Gasteiger charge is 2.35. The van der Waals surface area contributed by atoms with Crippen molar-refractivity contribution < 1.29 is 18.7 Å². The lowest BCUT2D eigenvalue weighted by molar-refractivity contribution is -0.121. The molecule has 1 N–H and O–H groups in total. The topological polar surface area (TPSA) is 58.6 Å². The molecule has 0 radical (unpaired) electrons. The Morgan fingerprint density at radius 3 is 2.66 bits per heavy atom. The smallest absolute Gasteiger partial charge is 0.410 e. The number of hydrogen-bond donors (Lipinski definition) is 1. The molecule has 3 rings (SSSR count). The number of benzene rings is 2. The Bertz CT molecular complexity index is 856. The molecule has 1 saturated heterocycles. The van der Waals surface area contributed by atoms with Gasteiger partial charge < -0.3 is 15.0 Å². The molecule has 154 valence electrons. The molecule has 0 aliphatic carbocycles. The summed E-state index contributed by atoms with van der Waals surface area (Å²) in [6.45, 7) is 4.30. The maximum Gasteiger partial charge on any atom is 0.410 e. The third-order valence-electron chi connectivity index (χ3n) is 5.32. The minimum atomic E-state index is -0.400. The number of piperidine rings is 1. The van der Waals surface area contributed by atoms with Crippen molar-refractivity contribution >= 4 is 12.0 Å². The van der Waals surface area contributed by atoms with Crippen LogP contribution >= 0.6 is 0 Å². The molecule has 0 aromatic heterocycles. The summed E-state index contributed by atoms with van der Waals surface area (Å²) in [6, 6.07) is 13.8. The van der Waals surface area contributed by atoms with E-state index >= 15 is 0 Å². The van der Waals surface area contributed by atoms with Gasteiger partial charge in [0, 0.05) is 19.0 Å². The average molecular weight is 398 g/mol. The van der Waals surface area contributed by atoms with Crippen molar-refractivity contribution in [3.05, 3.63) is 71.0 Å². The second-order valence-electron chi connectivity index (χ2n) is 7.39. The first-order valence-electron chi connectivity index (χ1n) is 10.0. The minimum Gasteiger partial charge on any atom is -0.445 e. The van der Waals surface area contributed by atoms with Gasteiger partial charge in [0.05, 0.1) is 6.04 Å². The highest BCUT2D eigenvalue weighted by molar-refractivity contribution is 5.76. The molecular formula is C23H27FN2O3. The lowest BCUT2D eigenvalue weighted by Gasteiger charge is -2.39. The fourth-order valence-electron chi connectivity index (χ4n) is 3.75. The van der Waals surface area contributed by atoms with Crippen LogP contribution < -0.4 is 5.32 Å². The first-order chi connectivity index (χ1) is 14.0. The quantitative estimate of drug-likeness (QED) is 0.807. The Kier molecular flexibility index (Phi) is 6.86. The van der Waals surface area contributed by atoms with Gasteiger partial charge in [-0.15, -0.1) is 0 Å². The van der Waals surface area contributed by atoms with Crippen LogP contribution in [0.3, 0.4) is 0 Å². The van der Waals surface area contributed by atoms with Crippen LogP contribution in [0.25, 0.3) is 0 Å². The molecule has 2 atom stereocenters. The normalized spacial score (nSPS) is 18.9. The molecule has 2 aromatic rings. The molecule has 0 unspecified atom stereocenters. The number of aryl methyl sites for hydroxylation is 1. The summed E-state index contributed by atoms with van der Waals surface area (Å²) in [6.07, 6.45) is 1.24. The van der Waals surface area contributed by atoms with E-state index in [0.29, 0.717) is 25.8 Å². The fourth-order valence-corrected chi connectivity index (χ4v) is 3.75. The fraction of sp³-hybridized carbons (Fsp3) is 0.391. The average Bonchev–Trinajstić information content (AvgIpc) is 2.72. The Labute approximate surface area is 170 Å². The van der Waals surface area contributed by atoms with Gasteiger partial charge in [0.1, 0.15) is 12.4 Å². The van der Waals surface area contributed by atoms with E-state index < -0.39 is 6.09 Å². The Morgan fingerprint density at radius 2 is 1.97 bits per heavy atom. The lowest BCUT2D eigenvalue weighted by Crippen LogP contribution is -2.48. The van der Waals surface area contributed by atoms with Gasteiger partial charge in [-0.1, -0.05) is 43.3 Å². The van der Waals surface area contributed by atoms with Crippen LogP contribution in [-0.4, -0.2) is 29.5 Å². The molecule has 2 amide bonds. The van der Waals surface area contributed by atoms with Crippen LogP contribution in [0.1, 0.15) is 48.9 Å². The Hall–Kier alpha value is -2.89. The van der Waals surface area contributed by atoms with Gasteiger partial charge in [0.25, 0.3) is 0 Å². The highest BCUT2D eigenvalue weighted by atomic mass is 19.1. The van der Waals surface area contributed by atoms with E-state index in [1.165, 1.54) is 12.1 Å². The zero-order valence-corrected chi connectivity index (χ0v) is 16.9. The molecule has 0 bridgehead atoms. The maximum atomic E-state index is 13.6. The molecule has 5 nitrogen and oxygen atoms in total. The minimum absolute atomic E-state index is 0.00955. The van der Waals surface area contributed by atoms with Gasteiger partial charge in [-0.3, -0.25) is 4.79 Å². The Balaban J connectivity index is 1.78. The zero-order valence-electron chi connectivity index (χ0n) is 16.9. The van der Waals surface area contributed by atoms with Crippen LogP contribution in [-0.2, 0) is 16.1 Å². The number of nitrogens with one attached hydrogen (secondary N) is 1. The van der Waals surface area contributed by atoms with Gasteiger partial charge in [-0.05, 0) is 48.6 Å². The Morgan fingerprint density at radius 1 is 1.21 bits per heavy atom. The van der Waals surface area contributed by atoms with Gasteiger partial charge in [0.2, 0.25) is 5.91 Å². The molecule has 1 aliphatic rings. The third-order valence-corrected chi connectivity index (χ3v) is 5.32. The molecule has 6 heteroatoms. The van der Waals surface area contributed by atoms with E-state index in [4.69, 9.17) is 4.74 Å². The van der Waals surface area contributed by atoms with Crippen molar-refractivity contribution in [3.8, 4) is 0 Å². The summed E-state index contributed by atoms with van der Waals surface area (Å²) in [5.41, 5.74) is 2.57. The number of likely N-dealkylation sites (tertiary alicyclic amines) is 1. The first kappa shape index (κ1) is 20.8. The second-order valence-corrected chi connectivity index (χ2v) is 7.39. The third kappa shape index (κ3) is 5.34. The SMILES string of the molecule is CCC(=O)N[C@@H]1CCN(C(=O)OCc2ccccc2)[C@H](c2ccc(F)cc2C)C1. The molecule has 2 aromatic carbocycles. The zero-order chi connectivity index (χ0) is 20.8. The van der Waals surface area contributed by atoms with Gasteiger partial charge >= 0.3 is 6.09 Å². The number of carbonyl (C=O) groups is 2. The molecule has 1 aliphatic heterocycles. The summed E-state index contributed by atoms with van der Waals surface area (Å²) in [4.78, 5) is 26.4. The van der Waals surface area contributed by atoms with Crippen LogP contribution in [0.2, 0.25) is 0 Å². The highest BCUT2D eigenvalue weighted by Crippen LogP contribution is 2.34. The number of ether oxygens (including phenoxy) is 1. The number of rotatable bonds is 5. The first-order valence-corrected chi connectivity index (χ1v) is 10.0. The molecular weight excluding hydrogens is 371 g/mol. The number of halogens is 1. The molecule has 0 saturated carbocycles. The summed E-state index contributed by atoms with van der Waals surface area (Å²) in [5.74, 6) is -0.319. The van der Waals surface area contributed by atoms with Crippen molar-refractivity contribution in [2.45, 2.75) is 51.8 Å². The molecule has 1 heterocycles. The van der Waals surface area contributed by atoms with E-state index in [1.54, 1.807) is 11.0 Å². The second kappa shape index (κ2) is 9.54. The largest absolute Gasteiger partial charge is 0.445 e. The maximum absolute atomic E-state index is 13.6. The van der Waals surface area contributed by atoms with Crippen LogP contribution in [0, 0.1) is 12.7 Å². The predicted molar refractivity (Wildman–Crippen MR) is 109 cm³/mol. The lowest BCUT2D eigenvalue weighted by atomic mass is 9.89. The summed E-state index contributed by atoms with van der Waals surface area (Å²) in [5, 5.41) is 3.02. The van der Waals surface area contributed by atoms with Gasteiger partial charge in [0.15, 0.2) is 0 Å². The van der Waals surface area contributed by atoms with Crippen molar-refractivity contribution in [1.29, 1.82) is 0 Å². The molecule has 1 fully saturated rings. The summed E-state index contributed by atoms with van der Waals surface area (Å²) >= 11 is 0. The predicted octanol–water partition coefficient (Wildman–Crippen LogP) is 4.50. The molecule has 0 spiro atoms. The van der Waals surface area contributed by atoms with Crippen LogP contribution in [0.4, 0.5) is 9.18 Å². The van der Waals surface area contributed by atoms with Crippen LogP contribution in [0.5, 0.6) is 0 Å². The number of hydrogen-bond acceptors (Lipinski definition) is 3. The molecule has 29 heavy (non-hydrogen) atoms. The number of carbonyl (C=O) groups excluding carboxylic acids is 2. The summed E-state index contributed by atoms with van der Waals surface area (Å²) in [7, 11) is 0. The number of amides is 2. The monoisotopic (exact) mass is 398 g/mol. The number of nitrogens with zero attached hydrogens (tertiary/aromatic N) is 1.